The van der Waals surface area contributed by atoms with Crippen LogP contribution in [-0.2, 0) is 25.2 Å². The Kier molecular flexibility index (Phi) is 14.9. The highest BCUT2D eigenvalue weighted by molar-refractivity contribution is 14.1. The fourth-order valence-corrected chi connectivity index (χ4v) is 16.6. The van der Waals surface area contributed by atoms with Crippen LogP contribution in [0, 0.1) is 21.3 Å². The predicted octanol–water partition coefficient (Wildman–Crippen LogP) is 9.01. The zero-order chi connectivity index (χ0) is 45.9. The molecule has 2 amide bonds. The number of halogens is 1. The van der Waals surface area contributed by atoms with E-state index in [2.05, 4.69) is 134 Å². The van der Waals surface area contributed by atoms with Gasteiger partial charge in [-0.2, -0.15) is 0 Å². The van der Waals surface area contributed by atoms with Crippen LogP contribution in [0.2, 0.25) is 11.4 Å². The van der Waals surface area contributed by atoms with Crippen LogP contribution in [0.4, 0.5) is 0 Å². The number of aromatic hydroxyl groups is 1. The molecule has 0 radical (unpaired) electrons. The number of allylic oxidation sites excluding steroid dienone is 1. The number of carbonyl (C=O) groups excluding carboxylic acids is 2. The summed E-state index contributed by atoms with van der Waals surface area (Å²) >= 11 is 2.13. The van der Waals surface area contributed by atoms with Crippen molar-refractivity contribution in [2.75, 3.05) is 26.8 Å². The van der Waals surface area contributed by atoms with Crippen LogP contribution in [0.5, 0.6) is 11.5 Å². The van der Waals surface area contributed by atoms with E-state index in [1.807, 2.05) is 30.3 Å². The van der Waals surface area contributed by atoms with E-state index in [4.69, 9.17) is 13.8 Å². The summed E-state index contributed by atoms with van der Waals surface area (Å²) in [7, 11) is -2.52. The largest absolute Gasteiger partial charge is 0.504 e. The van der Waals surface area contributed by atoms with Gasteiger partial charge < -0.3 is 23.9 Å². The van der Waals surface area contributed by atoms with Gasteiger partial charge in [0.2, 0.25) is 11.8 Å². The molecule has 3 fully saturated rings. The second kappa shape index (κ2) is 20.4. The van der Waals surface area contributed by atoms with Gasteiger partial charge in [0.05, 0.1) is 35.2 Å². The lowest BCUT2D eigenvalue weighted by molar-refractivity contribution is -0.144. The van der Waals surface area contributed by atoms with Crippen LogP contribution in [-0.4, -0.2) is 86.1 Å². The number of methoxy groups -OCH3 is 1. The minimum absolute atomic E-state index is 0.0758. The van der Waals surface area contributed by atoms with Gasteiger partial charge in [-0.05, 0) is 123 Å². The second-order valence-corrected chi connectivity index (χ2v) is 24.9. The number of phenols is 1. The molecular weight excluding hydrogens is 942 g/mol. The van der Waals surface area contributed by atoms with Crippen molar-refractivity contribution in [3.05, 3.63) is 135 Å². The number of rotatable bonds is 15. The number of carbonyl (C=O) groups is 2. The summed E-state index contributed by atoms with van der Waals surface area (Å²) in [6, 6.07) is 35.3. The Morgan fingerprint density at radius 2 is 1.54 bits per heavy atom. The monoisotopic (exact) mass is 1010 g/mol. The van der Waals surface area contributed by atoms with Crippen molar-refractivity contribution < 1.29 is 33.5 Å². The number of fused-ring (bicyclic) bond motifs is 3. The number of phenolic OH excluding ortho intramolecular Hbond substituents is 1. The van der Waals surface area contributed by atoms with E-state index in [0.29, 0.717) is 35.2 Å². The number of imide groups is 1. The number of hydrogen-bond donors (Lipinski definition) is 2. The number of benzene rings is 4. The molecule has 0 saturated carbocycles. The van der Waals surface area contributed by atoms with Crippen LogP contribution in [0.25, 0.3) is 6.08 Å². The van der Waals surface area contributed by atoms with Crippen LogP contribution in [0.3, 0.4) is 0 Å². The summed E-state index contributed by atoms with van der Waals surface area (Å²) < 4.78 is 20.4. The van der Waals surface area contributed by atoms with Crippen LogP contribution >= 0.6 is 22.6 Å². The van der Waals surface area contributed by atoms with Crippen LogP contribution in [0.15, 0.2) is 120 Å². The van der Waals surface area contributed by atoms with E-state index >= 15 is 0 Å². The standard InChI is InChI=1S/C53H64BIN2O7Si/c1-6-16-36(29-38-30-45(55)50(58)47(31-38)62-5)23-24-46-48-39(35-63-65(53(2,3)4,41-19-12-8-13-20-41)42-21-14-9-15-22-42)32-43-49(44(48)33-54(61)64-46)52(60)57(51(43)59)40-25-27-56(28-26-40)34-37-17-10-7-11-18-37/h7-15,17-22,29-31,40,43-44,46,49,58,61H,6,16,23-28,32-35H2,1-5H3/b36-29+/t43-,44+,46-,49-/m1/s1. The van der Waals surface area contributed by atoms with Crippen molar-refractivity contribution in [1.82, 2.24) is 9.80 Å². The zero-order valence-electron chi connectivity index (χ0n) is 38.5. The Hall–Kier alpha value is -4.05. The third-order valence-corrected chi connectivity index (χ3v) is 20.1. The Morgan fingerprint density at radius 1 is 0.908 bits per heavy atom. The maximum atomic E-state index is 15.0. The van der Waals surface area contributed by atoms with Crippen LogP contribution in [0.1, 0.15) is 83.8 Å². The van der Waals surface area contributed by atoms with E-state index in [0.717, 1.165) is 62.0 Å². The predicted molar refractivity (Wildman–Crippen MR) is 269 cm³/mol. The topological polar surface area (TPSA) is 109 Å². The third-order valence-electron chi connectivity index (χ3n) is 14.3. The van der Waals surface area contributed by atoms with Gasteiger partial charge in [0.15, 0.2) is 11.5 Å². The molecule has 3 heterocycles. The molecule has 4 aliphatic rings. The van der Waals surface area contributed by atoms with Gasteiger partial charge >= 0.3 is 7.12 Å². The van der Waals surface area contributed by atoms with Crippen LogP contribution < -0.4 is 15.1 Å². The van der Waals surface area contributed by atoms with E-state index in [9.17, 15) is 19.7 Å². The van der Waals surface area contributed by atoms with Crippen molar-refractivity contribution in [3.63, 3.8) is 0 Å². The maximum absolute atomic E-state index is 15.0. The summed E-state index contributed by atoms with van der Waals surface area (Å²) in [4.78, 5) is 33.9. The highest BCUT2D eigenvalue weighted by atomic mass is 127. The molecule has 0 aromatic heterocycles. The lowest BCUT2D eigenvalue weighted by atomic mass is 9.58. The van der Waals surface area contributed by atoms with Gasteiger partial charge in [-0.3, -0.25) is 19.4 Å². The fourth-order valence-electron chi connectivity index (χ4n) is 11.4. The van der Waals surface area contributed by atoms with E-state index in [1.54, 1.807) is 12.0 Å². The highest BCUT2D eigenvalue weighted by Crippen LogP contribution is 2.52. The lowest BCUT2D eigenvalue weighted by Crippen LogP contribution is -2.66. The first-order valence-electron chi connectivity index (χ1n) is 23.5. The molecule has 4 atom stereocenters. The van der Waals surface area contributed by atoms with Crippen molar-refractivity contribution in [1.29, 1.82) is 0 Å². The van der Waals surface area contributed by atoms with Gasteiger partial charge in [-0.1, -0.05) is 137 Å². The molecule has 4 aromatic carbocycles. The number of ether oxygens (including phenoxy) is 1. The third kappa shape index (κ3) is 9.85. The molecule has 65 heavy (non-hydrogen) atoms. The molecule has 8 rings (SSSR count). The van der Waals surface area contributed by atoms with Crippen molar-refractivity contribution in [3.8, 4) is 11.5 Å². The second-order valence-electron chi connectivity index (χ2n) is 19.5. The first-order valence-corrected chi connectivity index (χ1v) is 26.5. The Labute approximate surface area is 400 Å². The number of nitrogens with zero attached hydrogens (tertiary/aromatic N) is 2. The molecule has 12 heteroatoms. The molecule has 3 aliphatic heterocycles. The molecule has 342 valence electrons. The molecule has 9 nitrogen and oxygen atoms in total. The Balaban J connectivity index is 1.14. The normalized spacial score (nSPS) is 22.4. The van der Waals surface area contributed by atoms with Crippen molar-refractivity contribution in [2.24, 2.45) is 17.8 Å². The average Bonchev–Trinajstić information content (AvgIpc) is 3.55. The molecule has 0 unspecified atom stereocenters. The van der Waals surface area contributed by atoms with E-state index in [-0.39, 0.29) is 40.9 Å². The average molecular weight is 1010 g/mol. The minimum Gasteiger partial charge on any atom is -0.504 e. The number of likely N-dealkylation sites (tertiary alicyclic amines) is 2. The zero-order valence-corrected chi connectivity index (χ0v) is 41.7. The van der Waals surface area contributed by atoms with Gasteiger partial charge in [0.1, 0.15) is 0 Å². The number of amides is 2. The van der Waals surface area contributed by atoms with E-state index < -0.39 is 33.4 Å². The Bertz CT molecular complexity index is 2330. The highest BCUT2D eigenvalue weighted by Gasteiger charge is 2.59. The van der Waals surface area contributed by atoms with Crippen molar-refractivity contribution in [2.45, 2.75) is 103 Å². The van der Waals surface area contributed by atoms with Gasteiger partial charge in [0.25, 0.3) is 8.32 Å². The molecular formula is C53H64BIN2O7Si. The quantitative estimate of drug-likeness (QED) is 0.0527. The first-order chi connectivity index (χ1) is 31.3. The minimum atomic E-state index is -3.00. The van der Waals surface area contributed by atoms with Crippen molar-refractivity contribution >= 4 is 66.3 Å². The molecule has 0 bridgehead atoms. The first kappa shape index (κ1) is 47.4. The van der Waals surface area contributed by atoms with E-state index in [1.165, 1.54) is 21.5 Å². The fraction of sp³-hybridized carbons (Fsp3) is 0.434. The molecule has 2 N–H and O–H groups in total. The molecule has 4 aromatic rings. The number of piperidine rings is 1. The molecule has 0 spiro atoms. The molecule has 3 saturated heterocycles. The summed E-state index contributed by atoms with van der Waals surface area (Å²) in [6.45, 7) is 11.8. The molecule has 1 aliphatic carbocycles. The summed E-state index contributed by atoms with van der Waals surface area (Å²) in [6.07, 6.45) is 6.93. The van der Waals surface area contributed by atoms with Gasteiger partial charge in [0, 0.05) is 25.7 Å². The maximum Gasteiger partial charge on any atom is 0.455 e. The summed E-state index contributed by atoms with van der Waals surface area (Å²) in [5.74, 6) is -1.06. The summed E-state index contributed by atoms with van der Waals surface area (Å²) in [5, 5.41) is 24.2. The number of hydrogen-bond acceptors (Lipinski definition) is 8. The Morgan fingerprint density at radius 3 is 2.14 bits per heavy atom. The smallest absolute Gasteiger partial charge is 0.455 e. The lowest BCUT2D eigenvalue weighted by Gasteiger charge is -2.46. The SMILES string of the molecule is CCC/C(=C\c1cc(I)c(O)c(OC)c1)CC[C@H]1OB(O)C[C@H]2C1=C(CO[Si](c1ccccc1)(c1ccccc1)C(C)(C)C)C[C@H]1C(=O)N(C3CCN(Cc4ccccc4)CC3)C(=O)[C@H]12. The van der Waals surface area contributed by atoms with Gasteiger partial charge in [-0.25, -0.2) is 0 Å². The van der Waals surface area contributed by atoms with Gasteiger partial charge in [-0.15, -0.1) is 0 Å². The summed E-state index contributed by atoms with van der Waals surface area (Å²) in [5.41, 5.74) is 5.48.